The van der Waals surface area contributed by atoms with Crippen LogP contribution in [0.4, 0.5) is 0 Å². The lowest BCUT2D eigenvalue weighted by Crippen LogP contribution is -2.32. The number of hydrogen-bond acceptors (Lipinski definition) is 3. The van der Waals surface area contributed by atoms with Crippen molar-refractivity contribution < 1.29 is 8.42 Å². The second-order valence-electron chi connectivity index (χ2n) is 5.17. The molecule has 5 heteroatoms. The van der Waals surface area contributed by atoms with Crippen LogP contribution in [0.15, 0.2) is 23.1 Å². The van der Waals surface area contributed by atoms with Crippen LogP contribution in [0.1, 0.15) is 44.7 Å². The highest BCUT2D eigenvalue weighted by molar-refractivity contribution is 7.89. The second-order valence-corrected chi connectivity index (χ2v) is 7.08. The van der Waals surface area contributed by atoms with Crippen molar-refractivity contribution in [1.29, 1.82) is 0 Å². The van der Waals surface area contributed by atoms with E-state index in [1.54, 1.807) is 10.4 Å². The second kappa shape index (κ2) is 8.51. The molecule has 0 aliphatic rings. The Kier molecular flexibility index (Phi) is 7.35. The average Bonchev–Trinajstić information content (AvgIpc) is 2.46. The minimum Gasteiger partial charge on any atom is -0.313 e. The fraction of sp³-hybridized carbons (Fsp3) is 0.625. The summed E-state index contributed by atoms with van der Waals surface area (Å²) in [5, 5.41) is 3.25. The summed E-state index contributed by atoms with van der Waals surface area (Å²) in [6.45, 7) is 10.6. The third-order valence-electron chi connectivity index (χ3n) is 3.69. The maximum absolute atomic E-state index is 12.8. The highest BCUT2D eigenvalue weighted by Gasteiger charge is 2.24. The van der Waals surface area contributed by atoms with E-state index in [1.807, 2.05) is 32.9 Å². The first-order valence-corrected chi connectivity index (χ1v) is 9.22. The fourth-order valence-electron chi connectivity index (χ4n) is 2.31. The zero-order valence-electron chi connectivity index (χ0n) is 13.6. The summed E-state index contributed by atoms with van der Waals surface area (Å²) in [6.07, 6.45) is 1.88. The zero-order valence-corrected chi connectivity index (χ0v) is 14.5. The Morgan fingerprint density at radius 3 is 2.48 bits per heavy atom. The first kappa shape index (κ1) is 18.1. The lowest BCUT2D eigenvalue weighted by molar-refractivity contribution is 0.418. The van der Waals surface area contributed by atoms with E-state index < -0.39 is 10.0 Å². The van der Waals surface area contributed by atoms with Crippen LogP contribution in [-0.2, 0) is 16.6 Å². The van der Waals surface area contributed by atoms with Gasteiger partial charge in [0, 0.05) is 19.6 Å². The van der Waals surface area contributed by atoms with Gasteiger partial charge in [-0.1, -0.05) is 39.3 Å². The van der Waals surface area contributed by atoms with Crippen LogP contribution in [0, 0.1) is 6.92 Å². The number of sulfonamides is 1. The van der Waals surface area contributed by atoms with Gasteiger partial charge < -0.3 is 5.32 Å². The van der Waals surface area contributed by atoms with E-state index in [2.05, 4.69) is 12.2 Å². The molecule has 0 aliphatic heterocycles. The number of rotatable bonds is 9. The number of unbranched alkanes of at least 4 members (excludes halogenated alkanes) is 1. The average molecular weight is 312 g/mol. The summed E-state index contributed by atoms with van der Waals surface area (Å²) < 4.78 is 27.2. The molecule has 0 aromatic heterocycles. The molecular weight excluding hydrogens is 284 g/mol. The van der Waals surface area contributed by atoms with Crippen LogP contribution in [0.5, 0.6) is 0 Å². The van der Waals surface area contributed by atoms with Gasteiger partial charge in [-0.15, -0.1) is 0 Å². The largest absolute Gasteiger partial charge is 0.313 e. The number of benzene rings is 1. The summed E-state index contributed by atoms with van der Waals surface area (Å²) in [6, 6.07) is 5.54. The first-order valence-electron chi connectivity index (χ1n) is 7.78. The summed E-state index contributed by atoms with van der Waals surface area (Å²) in [5.74, 6) is 0. The molecule has 0 heterocycles. The van der Waals surface area contributed by atoms with Gasteiger partial charge in [0.25, 0.3) is 0 Å². The molecule has 0 saturated carbocycles. The normalized spacial score (nSPS) is 12.0. The summed E-state index contributed by atoms with van der Waals surface area (Å²) in [4.78, 5) is 0.441. The summed E-state index contributed by atoms with van der Waals surface area (Å²) >= 11 is 0. The predicted molar refractivity (Wildman–Crippen MR) is 87.9 cm³/mol. The molecule has 1 rings (SSSR count). The van der Waals surface area contributed by atoms with Crippen molar-refractivity contribution >= 4 is 10.0 Å². The smallest absolute Gasteiger partial charge is 0.243 e. The van der Waals surface area contributed by atoms with Crippen LogP contribution in [0.3, 0.4) is 0 Å². The van der Waals surface area contributed by atoms with E-state index in [4.69, 9.17) is 0 Å². The van der Waals surface area contributed by atoms with Crippen molar-refractivity contribution in [3.63, 3.8) is 0 Å². The van der Waals surface area contributed by atoms with E-state index in [1.165, 1.54) is 0 Å². The minimum atomic E-state index is -3.40. The molecule has 1 aromatic rings. The Hall–Kier alpha value is -0.910. The minimum absolute atomic E-state index is 0.441. The molecule has 0 bridgehead atoms. The molecule has 1 N–H and O–H groups in total. The Morgan fingerprint density at radius 2 is 1.90 bits per heavy atom. The van der Waals surface area contributed by atoms with E-state index >= 15 is 0 Å². The molecule has 21 heavy (non-hydrogen) atoms. The Morgan fingerprint density at radius 1 is 1.19 bits per heavy atom. The van der Waals surface area contributed by atoms with Crippen molar-refractivity contribution in [2.75, 3.05) is 19.6 Å². The highest BCUT2D eigenvalue weighted by Crippen LogP contribution is 2.23. The summed E-state index contributed by atoms with van der Waals surface area (Å²) in [5.41, 5.74) is 1.90. The standard InChI is InChI=1S/C16H28N2O2S/c1-5-8-12-18(7-3)21(19,20)16-11-9-10-15(14(16)4)13-17-6-2/h9-11,17H,5-8,12-13H2,1-4H3. The van der Waals surface area contributed by atoms with E-state index in [0.717, 1.165) is 30.5 Å². The Bertz CT molecular complexity index is 541. The van der Waals surface area contributed by atoms with Crippen molar-refractivity contribution in [3.05, 3.63) is 29.3 Å². The van der Waals surface area contributed by atoms with Gasteiger partial charge in [0.05, 0.1) is 4.90 Å². The van der Waals surface area contributed by atoms with Gasteiger partial charge in [0.15, 0.2) is 0 Å². The van der Waals surface area contributed by atoms with Crippen LogP contribution in [0.25, 0.3) is 0 Å². The van der Waals surface area contributed by atoms with Gasteiger partial charge in [0.2, 0.25) is 10.0 Å². The number of hydrogen-bond donors (Lipinski definition) is 1. The molecule has 0 unspecified atom stereocenters. The zero-order chi connectivity index (χ0) is 15.9. The molecule has 0 radical (unpaired) electrons. The predicted octanol–water partition coefficient (Wildman–Crippen LogP) is 2.92. The third-order valence-corrected chi connectivity index (χ3v) is 5.81. The summed E-state index contributed by atoms with van der Waals surface area (Å²) in [7, 11) is -3.40. The van der Waals surface area contributed by atoms with Crippen molar-refractivity contribution in [2.24, 2.45) is 0 Å². The molecule has 4 nitrogen and oxygen atoms in total. The third kappa shape index (κ3) is 4.53. The van der Waals surface area contributed by atoms with Gasteiger partial charge in [-0.25, -0.2) is 8.42 Å². The van der Waals surface area contributed by atoms with Crippen molar-refractivity contribution in [3.8, 4) is 0 Å². The Labute approximate surface area is 129 Å². The topological polar surface area (TPSA) is 49.4 Å². The van der Waals surface area contributed by atoms with E-state index in [9.17, 15) is 8.42 Å². The Balaban J connectivity index is 3.12. The maximum Gasteiger partial charge on any atom is 0.243 e. The first-order chi connectivity index (χ1) is 9.98. The molecule has 0 saturated heterocycles. The van der Waals surface area contributed by atoms with E-state index in [-0.39, 0.29) is 0 Å². The number of nitrogens with one attached hydrogen (secondary N) is 1. The van der Waals surface area contributed by atoms with Crippen molar-refractivity contribution in [2.45, 2.75) is 52.0 Å². The van der Waals surface area contributed by atoms with Crippen LogP contribution in [0.2, 0.25) is 0 Å². The van der Waals surface area contributed by atoms with Gasteiger partial charge in [0.1, 0.15) is 0 Å². The van der Waals surface area contributed by atoms with Crippen LogP contribution < -0.4 is 5.32 Å². The quantitative estimate of drug-likeness (QED) is 0.763. The molecule has 120 valence electrons. The van der Waals surface area contributed by atoms with Crippen molar-refractivity contribution in [1.82, 2.24) is 9.62 Å². The van der Waals surface area contributed by atoms with Gasteiger partial charge in [-0.05, 0) is 37.1 Å². The highest BCUT2D eigenvalue weighted by atomic mass is 32.2. The van der Waals surface area contributed by atoms with Crippen LogP contribution in [-0.4, -0.2) is 32.4 Å². The molecule has 1 aromatic carbocycles. The lowest BCUT2D eigenvalue weighted by atomic mass is 10.1. The van der Waals surface area contributed by atoms with Gasteiger partial charge in [-0.3, -0.25) is 0 Å². The molecule has 0 atom stereocenters. The molecule has 0 amide bonds. The molecule has 0 spiro atoms. The van der Waals surface area contributed by atoms with Gasteiger partial charge >= 0.3 is 0 Å². The molecule has 0 fully saturated rings. The SMILES string of the molecule is CCCCN(CC)S(=O)(=O)c1cccc(CNCC)c1C. The maximum atomic E-state index is 12.8. The lowest BCUT2D eigenvalue weighted by Gasteiger charge is -2.22. The number of nitrogens with zero attached hydrogens (tertiary/aromatic N) is 1. The van der Waals surface area contributed by atoms with E-state index in [0.29, 0.717) is 24.5 Å². The monoisotopic (exact) mass is 312 g/mol. The molecule has 0 aliphatic carbocycles. The van der Waals surface area contributed by atoms with Gasteiger partial charge in [-0.2, -0.15) is 4.31 Å². The van der Waals surface area contributed by atoms with Crippen LogP contribution >= 0.6 is 0 Å². The fourth-order valence-corrected chi connectivity index (χ4v) is 4.07. The molecular formula is C16H28N2O2S.